The Labute approximate surface area is 166 Å². The minimum absolute atomic E-state index is 0.000914. The molecule has 0 aliphatic heterocycles. The van der Waals surface area contributed by atoms with Crippen molar-refractivity contribution >= 4 is 40.1 Å². The summed E-state index contributed by atoms with van der Waals surface area (Å²) in [7, 11) is 1.85. The van der Waals surface area contributed by atoms with Gasteiger partial charge in [-0.05, 0) is 36.1 Å². The SMILES string of the molecule is Cn1c(CCNC(=O)[C@H]2C[C@@H]2c2cccc(Cl)c2Cl)nc2c(F)cccc21. The molecule has 1 fully saturated rings. The number of para-hydroxylation sites is 1. The van der Waals surface area contributed by atoms with Gasteiger partial charge in [-0.2, -0.15) is 0 Å². The first-order valence-corrected chi connectivity index (χ1v) is 9.54. The third kappa shape index (κ3) is 3.42. The fourth-order valence-electron chi connectivity index (χ4n) is 3.52. The summed E-state index contributed by atoms with van der Waals surface area (Å²) in [5, 5.41) is 3.99. The molecule has 0 spiro atoms. The summed E-state index contributed by atoms with van der Waals surface area (Å²) in [5.74, 6) is 0.430. The highest BCUT2D eigenvalue weighted by Gasteiger charge is 2.44. The van der Waals surface area contributed by atoms with Crippen molar-refractivity contribution in [3.8, 4) is 0 Å². The number of hydrogen-bond acceptors (Lipinski definition) is 2. The number of carbonyl (C=O) groups is 1. The Morgan fingerprint density at radius 2 is 2.07 bits per heavy atom. The number of benzene rings is 2. The molecular formula is C20H18Cl2FN3O. The molecule has 1 aliphatic carbocycles. The second kappa shape index (κ2) is 7.13. The summed E-state index contributed by atoms with van der Waals surface area (Å²) in [6.45, 7) is 0.449. The number of carbonyl (C=O) groups excluding carboxylic acids is 1. The fraction of sp³-hybridized carbons (Fsp3) is 0.300. The fourth-order valence-corrected chi connectivity index (χ4v) is 3.96. The molecule has 27 heavy (non-hydrogen) atoms. The van der Waals surface area contributed by atoms with Crippen molar-refractivity contribution in [1.29, 1.82) is 0 Å². The molecule has 1 aromatic heterocycles. The second-order valence-electron chi connectivity index (χ2n) is 6.83. The van der Waals surface area contributed by atoms with Crippen molar-refractivity contribution in [2.24, 2.45) is 13.0 Å². The largest absolute Gasteiger partial charge is 0.355 e. The van der Waals surface area contributed by atoms with Crippen LogP contribution in [0.4, 0.5) is 4.39 Å². The van der Waals surface area contributed by atoms with Crippen LogP contribution in [-0.2, 0) is 18.3 Å². The Morgan fingerprint density at radius 3 is 2.85 bits per heavy atom. The Bertz CT molecular complexity index is 1030. The van der Waals surface area contributed by atoms with E-state index in [2.05, 4.69) is 10.3 Å². The molecule has 1 amide bonds. The van der Waals surface area contributed by atoms with Crippen molar-refractivity contribution in [3.05, 3.63) is 63.6 Å². The number of aromatic nitrogens is 2. The maximum atomic E-state index is 13.8. The van der Waals surface area contributed by atoms with Gasteiger partial charge >= 0.3 is 0 Å². The minimum Gasteiger partial charge on any atom is -0.355 e. The average molecular weight is 406 g/mol. The van der Waals surface area contributed by atoms with E-state index in [4.69, 9.17) is 23.2 Å². The van der Waals surface area contributed by atoms with E-state index in [0.717, 1.165) is 23.3 Å². The molecule has 2 atom stereocenters. The minimum atomic E-state index is -0.336. The van der Waals surface area contributed by atoms with Crippen LogP contribution in [0.1, 0.15) is 23.7 Å². The van der Waals surface area contributed by atoms with Crippen LogP contribution < -0.4 is 5.32 Å². The number of nitrogens with one attached hydrogen (secondary N) is 1. The molecule has 4 nitrogen and oxygen atoms in total. The molecule has 1 aliphatic rings. The predicted molar refractivity (Wildman–Crippen MR) is 105 cm³/mol. The standard InChI is InChI=1S/C20H18Cl2FN3O/c1-26-16-7-3-6-15(23)19(16)25-17(26)8-9-24-20(27)13-10-12(13)11-4-2-5-14(21)18(11)22/h2-7,12-13H,8-10H2,1H3,(H,24,27)/t12-,13+/m1/s1. The van der Waals surface area contributed by atoms with E-state index in [9.17, 15) is 9.18 Å². The highest BCUT2D eigenvalue weighted by Crippen LogP contribution is 2.50. The Morgan fingerprint density at radius 1 is 1.30 bits per heavy atom. The van der Waals surface area contributed by atoms with E-state index in [-0.39, 0.29) is 23.6 Å². The Balaban J connectivity index is 1.36. The van der Waals surface area contributed by atoms with Crippen LogP contribution in [0.5, 0.6) is 0 Å². The van der Waals surface area contributed by atoms with Crippen LogP contribution in [0.2, 0.25) is 10.0 Å². The molecule has 2 aromatic carbocycles. The summed E-state index contributed by atoms with van der Waals surface area (Å²) < 4.78 is 15.7. The van der Waals surface area contributed by atoms with Crippen molar-refractivity contribution in [3.63, 3.8) is 0 Å². The van der Waals surface area contributed by atoms with Crippen LogP contribution in [0.25, 0.3) is 11.0 Å². The Hall–Kier alpha value is -2.11. The molecule has 0 radical (unpaired) electrons. The number of aryl methyl sites for hydroxylation is 1. The van der Waals surface area contributed by atoms with Crippen LogP contribution in [-0.4, -0.2) is 22.0 Å². The van der Waals surface area contributed by atoms with Crippen LogP contribution in [0, 0.1) is 11.7 Å². The molecule has 0 unspecified atom stereocenters. The van der Waals surface area contributed by atoms with Gasteiger partial charge in [0.05, 0.1) is 15.6 Å². The lowest BCUT2D eigenvalue weighted by molar-refractivity contribution is -0.122. The van der Waals surface area contributed by atoms with Gasteiger partial charge in [-0.25, -0.2) is 9.37 Å². The number of halogens is 3. The first-order valence-electron chi connectivity index (χ1n) is 8.79. The van der Waals surface area contributed by atoms with Crippen molar-refractivity contribution in [2.45, 2.75) is 18.8 Å². The van der Waals surface area contributed by atoms with Gasteiger partial charge in [0.25, 0.3) is 0 Å². The quantitative estimate of drug-likeness (QED) is 0.679. The number of fused-ring (bicyclic) bond motifs is 1. The summed E-state index contributed by atoms with van der Waals surface area (Å²) in [4.78, 5) is 16.8. The summed E-state index contributed by atoms with van der Waals surface area (Å²) in [6, 6.07) is 10.4. The van der Waals surface area contributed by atoms with E-state index in [0.29, 0.717) is 28.5 Å². The van der Waals surface area contributed by atoms with Crippen LogP contribution in [0.15, 0.2) is 36.4 Å². The first-order chi connectivity index (χ1) is 13.0. The number of amides is 1. The molecule has 1 heterocycles. The summed E-state index contributed by atoms with van der Waals surface area (Å²) >= 11 is 12.3. The molecule has 1 saturated carbocycles. The van der Waals surface area contributed by atoms with Crippen LogP contribution >= 0.6 is 23.2 Å². The molecule has 3 aromatic rings. The van der Waals surface area contributed by atoms with Gasteiger partial charge in [0.1, 0.15) is 11.3 Å². The van der Waals surface area contributed by atoms with Crippen LogP contribution in [0.3, 0.4) is 0 Å². The van der Waals surface area contributed by atoms with Gasteiger partial charge in [0.2, 0.25) is 5.91 Å². The monoisotopic (exact) mass is 405 g/mol. The van der Waals surface area contributed by atoms with Gasteiger partial charge in [0.15, 0.2) is 5.82 Å². The van der Waals surface area contributed by atoms with E-state index >= 15 is 0 Å². The third-order valence-electron chi connectivity index (χ3n) is 5.11. The first kappa shape index (κ1) is 18.3. The number of imidazole rings is 1. The summed E-state index contributed by atoms with van der Waals surface area (Å²) in [6.07, 6.45) is 1.30. The van der Waals surface area contributed by atoms with E-state index in [1.165, 1.54) is 6.07 Å². The molecule has 0 bridgehead atoms. The van der Waals surface area contributed by atoms with Gasteiger partial charge in [0, 0.05) is 25.9 Å². The van der Waals surface area contributed by atoms with Gasteiger partial charge in [-0.3, -0.25) is 4.79 Å². The lowest BCUT2D eigenvalue weighted by Gasteiger charge is -2.07. The number of rotatable bonds is 5. The molecule has 7 heteroatoms. The van der Waals surface area contributed by atoms with E-state index in [1.807, 2.05) is 29.8 Å². The van der Waals surface area contributed by atoms with E-state index < -0.39 is 0 Å². The number of nitrogens with zero attached hydrogens (tertiary/aromatic N) is 2. The lowest BCUT2D eigenvalue weighted by atomic mass is 10.1. The van der Waals surface area contributed by atoms with Crippen molar-refractivity contribution in [2.75, 3.05) is 6.54 Å². The molecule has 1 N–H and O–H groups in total. The van der Waals surface area contributed by atoms with Gasteiger partial charge in [-0.1, -0.05) is 41.4 Å². The maximum absolute atomic E-state index is 13.8. The summed E-state index contributed by atoms with van der Waals surface area (Å²) in [5.41, 5.74) is 2.03. The van der Waals surface area contributed by atoms with Crippen molar-refractivity contribution in [1.82, 2.24) is 14.9 Å². The lowest BCUT2D eigenvalue weighted by Crippen LogP contribution is -2.28. The molecule has 140 valence electrons. The zero-order valence-corrected chi connectivity index (χ0v) is 16.2. The van der Waals surface area contributed by atoms with E-state index in [1.54, 1.807) is 12.1 Å². The van der Waals surface area contributed by atoms with Gasteiger partial charge in [-0.15, -0.1) is 0 Å². The number of hydrogen-bond donors (Lipinski definition) is 1. The topological polar surface area (TPSA) is 46.9 Å². The smallest absolute Gasteiger partial charge is 0.223 e. The predicted octanol–water partition coefficient (Wildman–Crippen LogP) is 4.48. The highest BCUT2D eigenvalue weighted by atomic mass is 35.5. The average Bonchev–Trinajstić information content (AvgIpc) is 3.38. The zero-order valence-electron chi connectivity index (χ0n) is 14.7. The molecule has 4 rings (SSSR count). The third-order valence-corrected chi connectivity index (χ3v) is 5.94. The molecule has 0 saturated heterocycles. The zero-order chi connectivity index (χ0) is 19.1. The molecular weight excluding hydrogens is 388 g/mol. The second-order valence-corrected chi connectivity index (χ2v) is 7.61. The van der Waals surface area contributed by atoms with Crippen molar-refractivity contribution < 1.29 is 9.18 Å². The highest BCUT2D eigenvalue weighted by molar-refractivity contribution is 6.42. The Kier molecular flexibility index (Phi) is 4.82. The maximum Gasteiger partial charge on any atom is 0.223 e. The van der Waals surface area contributed by atoms with Gasteiger partial charge < -0.3 is 9.88 Å². The normalized spacial score (nSPS) is 18.7.